The van der Waals surface area contributed by atoms with E-state index in [1.807, 2.05) is 6.07 Å². The molecule has 112 valence electrons. The highest BCUT2D eigenvalue weighted by atomic mass is 32.1. The molecule has 0 spiro atoms. The van der Waals surface area contributed by atoms with Gasteiger partial charge in [0, 0.05) is 23.5 Å². The maximum Gasteiger partial charge on any atom is 0.260 e. The molecule has 0 fully saturated rings. The van der Waals surface area contributed by atoms with E-state index >= 15 is 0 Å². The molecule has 0 radical (unpaired) electrons. The molecule has 0 saturated heterocycles. The molecule has 22 heavy (non-hydrogen) atoms. The van der Waals surface area contributed by atoms with Crippen LogP contribution in [0.25, 0.3) is 21.6 Å². The third-order valence-corrected chi connectivity index (χ3v) is 5.13. The first-order valence-electron chi connectivity index (χ1n) is 7.14. The van der Waals surface area contributed by atoms with E-state index in [2.05, 4.69) is 21.9 Å². The highest BCUT2D eigenvalue weighted by Crippen LogP contribution is 2.32. The van der Waals surface area contributed by atoms with Gasteiger partial charge in [-0.1, -0.05) is 12.1 Å². The van der Waals surface area contributed by atoms with Gasteiger partial charge in [-0.2, -0.15) is 0 Å². The van der Waals surface area contributed by atoms with Gasteiger partial charge >= 0.3 is 0 Å². The Bertz CT molecular complexity index is 929. The van der Waals surface area contributed by atoms with Crippen molar-refractivity contribution in [3.8, 4) is 17.1 Å². The summed E-state index contributed by atoms with van der Waals surface area (Å²) in [7, 11) is 2.09. The molecule has 0 saturated carbocycles. The smallest absolute Gasteiger partial charge is 0.260 e. The number of benzene rings is 1. The van der Waals surface area contributed by atoms with Crippen molar-refractivity contribution in [2.45, 2.75) is 13.0 Å². The number of likely N-dealkylation sites (N-methyl/N-ethyl adjacent to an activating group) is 1. The lowest BCUT2D eigenvalue weighted by atomic mass is 10.1. The van der Waals surface area contributed by atoms with Crippen LogP contribution in [-0.2, 0) is 13.0 Å². The number of fused-ring (bicyclic) bond motifs is 3. The predicted molar refractivity (Wildman–Crippen MR) is 87.4 cm³/mol. The minimum absolute atomic E-state index is 0.0922. The van der Waals surface area contributed by atoms with Crippen LogP contribution in [0, 0.1) is 0 Å². The van der Waals surface area contributed by atoms with Crippen molar-refractivity contribution in [3.05, 3.63) is 45.1 Å². The van der Waals surface area contributed by atoms with Crippen molar-refractivity contribution >= 4 is 21.6 Å². The Morgan fingerprint density at radius 3 is 3.09 bits per heavy atom. The van der Waals surface area contributed by atoms with Gasteiger partial charge in [-0.15, -0.1) is 11.3 Å². The van der Waals surface area contributed by atoms with Crippen molar-refractivity contribution in [1.82, 2.24) is 14.9 Å². The summed E-state index contributed by atoms with van der Waals surface area (Å²) in [6, 6.07) is 6.76. The van der Waals surface area contributed by atoms with E-state index < -0.39 is 0 Å². The normalized spacial score (nSPS) is 15.1. The summed E-state index contributed by atoms with van der Waals surface area (Å²) in [4.78, 5) is 24.2. The van der Waals surface area contributed by atoms with Gasteiger partial charge in [0.1, 0.15) is 16.4 Å². The van der Waals surface area contributed by atoms with Crippen LogP contribution < -0.4 is 5.56 Å². The number of rotatable bonds is 1. The van der Waals surface area contributed by atoms with Crippen molar-refractivity contribution in [2.24, 2.45) is 0 Å². The Balaban J connectivity index is 1.92. The number of phenols is 1. The van der Waals surface area contributed by atoms with Gasteiger partial charge < -0.3 is 15.0 Å². The average Bonchev–Trinajstić information content (AvgIpc) is 2.84. The predicted octanol–water partition coefficient (Wildman–Crippen LogP) is 2.35. The minimum atomic E-state index is -0.0922. The van der Waals surface area contributed by atoms with Crippen molar-refractivity contribution in [3.63, 3.8) is 0 Å². The highest BCUT2D eigenvalue weighted by molar-refractivity contribution is 7.18. The fourth-order valence-electron chi connectivity index (χ4n) is 2.92. The van der Waals surface area contributed by atoms with Gasteiger partial charge in [0.2, 0.25) is 0 Å². The first kappa shape index (κ1) is 13.5. The lowest BCUT2D eigenvalue weighted by Gasteiger charge is -2.21. The third-order valence-electron chi connectivity index (χ3n) is 4.02. The molecule has 1 aliphatic heterocycles. The quantitative estimate of drug-likeness (QED) is 0.723. The molecule has 0 bridgehead atoms. The second-order valence-electron chi connectivity index (χ2n) is 5.64. The Morgan fingerprint density at radius 1 is 1.41 bits per heavy atom. The van der Waals surface area contributed by atoms with Crippen LogP contribution in [0.15, 0.2) is 29.1 Å². The summed E-state index contributed by atoms with van der Waals surface area (Å²) in [5, 5.41) is 10.3. The van der Waals surface area contributed by atoms with E-state index in [-0.39, 0.29) is 11.3 Å². The molecular weight excluding hydrogens is 298 g/mol. The number of aromatic nitrogens is 2. The standard InChI is InChI=1S/C16H15N3O2S/c1-19-6-5-11-12(8-19)22-16-13(11)15(21)17-14(18-16)9-3-2-4-10(20)7-9/h2-4,7,20H,5-6,8H2,1H3,(H,17,18,21). The largest absolute Gasteiger partial charge is 0.508 e. The number of hydrogen-bond acceptors (Lipinski definition) is 5. The van der Waals surface area contributed by atoms with Gasteiger partial charge in [0.15, 0.2) is 0 Å². The first-order valence-corrected chi connectivity index (χ1v) is 7.96. The van der Waals surface area contributed by atoms with Crippen LogP contribution in [0.4, 0.5) is 0 Å². The van der Waals surface area contributed by atoms with Gasteiger partial charge in [0.25, 0.3) is 5.56 Å². The minimum Gasteiger partial charge on any atom is -0.508 e. The monoisotopic (exact) mass is 313 g/mol. The number of hydrogen-bond donors (Lipinski definition) is 2. The molecule has 0 amide bonds. The number of aromatic hydroxyl groups is 1. The molecule has 2 aromatic heterocycles. The van der Waals surface area contributed by atoms with Crippen LogP contribution in [0.5, 0.6) is 5.75 Å². The third kappa shape index (κ3) is 2.12. The number of aromatic amines is 1. The molecule has 1 aliphatic rings. The lowest BCUT2D eigenvalue weighted by molar-refractivity contribution is 0.318. The van der Waals surface area contributed by atoms with E-state index in [0.717, 1.165) is 35.3 Å². The summed E-state index contributed by atoms with van der Waals surface area (Å²) in [5.74, 6) is 0.660. The van der Waals surface area contributed by atoms with Crippen molar-refractivity contribution in [2.75, 3.05) is 13.6 Å². The summed E-state index contributed by atoms with van der Waals surface area (Å²) in [6.07, 6.45) is 0.891. The molecule has 3 aromatic rings. The van der Waals surface area contributed by atoms with Crippen LogP contribution in [-0.4, -0.2) is 33.6 Å². The van der Waals surface area contributed by atoms with Gasteiger partial charge in [-0.25, -0.2) is 4.98 Å². The van der Waals surface area contributed by atoms with E-state index in [4.69, 9.17) is 0 Å². The first-order chi connectivity index (χ1) is 10.6. The van der Waals surface area contributed by atoms with E-state index in [1.54, 1.807) is 29.5 Å². The Labute approximate surface area is 130 Å². The summed E-state index contributed by atoms with van der Waals surface area (Å²) in [5.41, 5.74) is 1.77. The summed E-state index contributed by atoms with van der Waals surface area (Å²) >= 11 is 1.60. The Hall–Kier alpha value is -2.18. The molecule has 3 heterocycles. The number of H-pyrrole nitrogens is 1. The molecule has 0 aliphatic carbocycles. The summed E-state index contributed by atoms with van der Waals surface area (Å²) < 4.78 is 0. The zero-order chi connectivity index (χ0) is 15.3. The zero-order valence-electron chi connectivity index (χ0n) is 12.1. The lowest BCUT2D eigenvalue weighted by Crippen LogP contribution is -2.25. The Morgan fingerprint density at radius 2 is 2.27 bits per heavy atom. The number of phenolic OH excluding ortho intramolecular Hbond substituents is 1. The molecule has 6 heteroatoms. The van der Waals surface area contributed by atoms with Crippen LogP contribution >= 0.6 is 11.3 Å². The number of thiophene rings is 1. The molecule has 4 rings (SSSR count). The molecule has 0 atom stereocenters. The van der Waals surface area contributed by atoms with E-state index in [0.29, 0.717) is 11.4 Å². The van der Waals surface area contributed by atoms with Gasteiger partial charge in [-0.05, 0) is 31.2 Å². The topological polar surface area (TPSA) is 69.2 Å². The second kappa shape index (κ2) is 4.93. The summed E-state index contributed by atoms with van der Waals surface area (Å²) in [6.45, 7) is 1.84. The van der Waals surface area contributed by atoms with Crippen LogP contribution in [0.3, 0.4) is 0 Å². The molecule has 2 N–H and O–H groups in total. The van der Waals surface area contributed by atoms with Gasteiger partial charge in [-0.3, -0.25) is 4.79 Å². The molecule has 5 nitrogen and oxygen atoms in total. The highest BCUT2D eigenvalue weighted by Gasteiger charge is 2.22. The maximum atomic E-state index is 12.5. The van der Waals surface area contributed by atoms with Crippen LogP contribution in [0.2, 0.25) is 0 Å². The number of nitrogens with one attached hydrogen (secondary N) is 1. The van der Waals surface area contributed by atoms with Crippen molar-refractivity contribution in [1.29, 1.82) is 0 Å². The maximum absolute atomic E-state index is 12.5. The van der Waals surface area contributed by atoms with E-state index in [9.17, 15) is 9.90 Å². The fraction of sp³-hybridized carbons (Fsp3) is 0.250. The Kier molecular flexibility index (Phi) is 3.02. The second-order valence-corrected chi connectivity index (χ2v) is 6.72. The van der Waals surface area contributed by atoms with Crippen LogP contribution in [0.1, 0.15) is 10.4 Å². The average molecular weight is 313 g/mol. The molecular formula is C16H15N3O2S. The zero-order valence-corrected chi connectivity index (χ0v) is 12.9. The SMILES string of the molecule is CN1CCc2c(sc3nc(-c4cccc(O)c4)[nH]c(=O)c23)C1. The van der Waals surface area contributed by atoms with Crippen molar-refractivity contribution < 1.29 is 5.11 Å². The van der Waals surface area contributed by atoms with Gasteiger partial charge in [0.05, 0.1) is 5.39 Å². The van der Waals surface area contributed by atoms with E-state index in [1.165, 1.54) is 4.88 Å². The molecule has 0 unspecified atom stereocenters. The molecule has 1 aromatic carbocycles. The number of nitrogens with zero attached hydrogens (tertiary/aromatic N) is 2. The fourth-order valence-corrected chi connectivity index (χ4v) is 4.22.